The van der Waals surface area contributed by atoms with Crippen molar-refractivity contribution in [1.29, 1.82) is 0 Å². The van der Waals surface area contributed by atoms with Crippen LogP contribution in [-0.2, 0) is 8.89 Å². The molecule has 0 aliphatic rings. The summed E-state index contributed by atoms with van der Waals surface area (Å²) in [6, 6.07) is 0. The smallest absolute Gasteiger partial charge is 0.588 e. The van der Waals surface area contributed by atoms with E-state index in [1.807, 2.05) is 6.92 Å². The molecule has 0 radical (unpaired) electrons. The Morgan fingerprint density at radius 2 is 2.25 bits per heavy atom. The monoisotopic (exact) mass is 204 g/mol. The second-order valence-electron chi connectivity index (χ2n) is 1.10. The number of rotatable bonds is 3. The standard InChI is InChI=1S/C3H7O3Si.Rb/c1-2-3-6-7(4)5;/h2-3H2,1H3;/q-1;+1. The van der Waals surface area contributed by atoms with Crippen molar-refractivity contribution in [1.82, 2.24) is 0 Å². The van der Waals surface area contributed by atoms with E-state index in [2.05, 4.69) is 4.43 Å². The fourth-order valence-corrected chi connectivity index (χ4v) is 0.556. The first-order chi connectivity index (χ1) is 3.27. The summed E-state index contributed by atoms with van der Waals surface area (Å²) in [6.45, 7) is 2.17. The Morgan fingerprint density at radius 1 is 1.75 bits per heavy atom. The van der Waals surface area contributed by atoms with Gasteiger partial charge in [-0.05, 0) is 6.42 Å². The van der Waals surface area contributed by atoms with Gasteiger partial charge in [0.25, 0.3) is 0 Å². The Kier molecular flexibility index (Phi) is 12.8. The van der Waals surface area contributed by atoms with Crippen LogP contribution in [0.1, 0.15) is 13.3 Å². The average molecular weight is 205 g/mol. The van der Waals surface area contributed by atoms with Crippen LogP contribution in [0.5, 0.6) is 0 Å². The van der Waals surface area contributed by atoms with Crippen molar-refractivity contribution in [3.8, 4) is 0 Å². The molecular weight excluding hydrogens is 198 g/mol. The molecule has 0 atom stereocenters. The molecule has 0 fully saturated rings. The predicted octanol–water partition coefficient (Wildman–Crippen LogP) is -3.81. The van der Waals surface area contributed by atoms with Gasteiger partial charge in [-0.25, -0.2) is 0 Å². The van der Waals surface area contributed by atoms with E-state index < -0.39 is 9.17 Å². The fraction of sp³-hybridized carbons (Fsp3) is 1.00. The Bertz CT molecular complexity index is 67.5. The molecule has 0 aromatic heterocycles. The molecule has 0 spiro atoms. The Balaban J connectivity index is 0. The van der Waals surface area contributed by atoms with Crippen molar-refractivity contribution in [2.24, 2.45) is 0 Å². The molecule has 0 saturated carbocycles. The largest absolute Gasteiger partial charge is 1.00 e. The average Bonchev–Trinajstić information content (AvgIpc) is 1.61. The third-order valence-electron chi connectivity index (χ3n) is 0.424. The summed E-state index contributed by atoms with van der Waals surface area (Å²) in [7, 11) is -2.90. The van der Waals surface area contributed by atoms with Crippen LogP contribution < -0.4 is 63.0 Å². The van der Waals surface area contributed by atoms with Gasteiger partial charge in [0.05, 0.1) is 0 Å². The molecule has 0 amide bonds. The van der Waals surface area contributed by atoms with Gasteiger partial charge >= 0.3 is 67.4 Å². The summed E-state index contributed by atoms with van der Waals surface area (Å²) in [5, 5.41) is 0. The van der Waals surface area contributed by atoms with Crippen LogP contribution in [0.4, 0.5) is 0 Å². The van der Waals surface area contributed by atoms with Crippen molar-refractivity contribution in [3.05, 3.63) is 0 Å². The minimum atomic E-state index is -2.90. The maximum absolute atomic E-state index is 9.61. The molecule has 0 aromatic carbocycles. The Morgan fingerprint density at radius 3 is 2.38 bits per heavy atom. The molecule has 0 N–H and O–H groups in total. The molecule has 0 unspecified atom stereocenters. The summed E-state index contributed by atoms with van der Waals surface area (Å²) in [5.74, 6) is 0. The van der Waals surface area contributed by atoms with Crippen molar-refractivity contribution in [2.45, 2.75) is 13.3 Å². The van der Waals surface area contributed by atoms with Crippen molar-refractivity contribution in [3.63, 3.8) is 0 Å². The van der Waals surface area contributed by atoms with Crippen LogP contribution >= 0.6 is 0 Å². The van der Waals surface area contributed by atoms with E-state index in [9.17, 15) is 9.26 Å². The van der Waals surface area contributed by atoms with E-state index >= 15 is 0 Å². The third kappa shape index (κ3) is 10.4. The molecule has 0 aliphatic heterocycles. The van der Waals surface area contributed by atoms with Gasteiger partial charge in [0.15, 0.2) is 0 Å². The van der Waals surface area contributed by atoms with Crippen molar-refractivity contribution >= 4 is 9.17 Å². The Hall–Kier alpha value is 1.42. The van der Waals surface area contributed by atoms with Gasteiger partial charge in [0, 0.05) is 6.61 Å². The summed E-state index contributed by atoms with van der Waals surface area (Å²) in [4.78, 5) is 9.61. The Labute approximate surface area is 99.1 Å². The zero-order valence-electron chi connectivity index (χ0n) is 5.14. The molecule has 5 heteroatoms. The normalized spacial score (nSPS) is 7.12. The molecule has 0 saturated heterocycles. The summed E-state index contributed by atoms with van der Waals surface area (Å²) >= 11 is 0. The summed E-state index contributed by atoms with van der Waals surface area (Å²) in [6.07, 6.45) is 0.749. The second kappa shape index (κ2) is 8.42. The van der Waals surface area contributed by atoms with Crippen LogP contribution in [0, 0.1) is 0 Å². The molecule has 0 heterocycles. The zero-order chi connectivity index (χ0) is 5.70. The molecule has 42 valence electrons. The van der Waals surface area contributed by atoms with E-state index in [1.54, 1.807) is 0 Å². The third-order valence-corrected chi connectivity index (χ3v) is 0.864. The first-order valence-electron chi connectivity index (χ1n) is 2.11. The van der Waals surface area contributed by atoms with E-state index in [1.165, 1.54) is 0 Å². The van der Waals surface area contributed by atoms with Crippen molar-refractivity contribution in [2.75, 3.05) is 6.61 Å². The quantitative estimate of drug-likeness (QED) is 0.443. The van der Waals surface area contributed by atoms with Crippen molar-refractivity contribution < 1.29 is 71.9 Å². The van der Waals surface area contributed by atoms with Crippen LogP contribution in [0.25, 0.3) is 0 Å². The van der Waals surface area contributed by atoms with Gasteiger partial charge in [-0.15, -0.1) is 0 Å². The first kappa shape index (κ1) is 12.1. The van der Waals surface area contributed by atoms with E-state index in [4.69, 9.17) is 0 Å². The van der Waals surface area contributed by atoms with Crippen LogP contribution in [-0.4, -0.2) is 15.8 Å². The van der Waals surface area contributed by atoms with E-state index in [0.717, 1.165) is 6.42 Å². The number of hydrogen-bond donors (Lipinski definition) is 0. The van der Waals surface area contributed by atoms with Gasteiger partial charge in [0.1, 0.15) is 0 Å². The van der Waals surface area contributed by atoms with E-state index in [0.29, 0.717) is 6.61 Å². The number of hydrogen-bond acceptors (Lipinski definition) is 3. The molecular formula is C3H7O3RbSi. The topological polar surface area (TPSA) is 49.4 Å². The minimum Gasteiger partial charge on any atom is -0.588 e. The van der Waals surface area contributed by atoms with E-state index in [-0.39, 0.29) is 58.2 Å². The van der Waals surface area contributed by atoms with Gasteiger partial charge < -0.3 is 13.7 Å². The van der Waals surface area contributed by atoms with Gasteiger partial charge in [-0.1, -0.05) is 6.92 Å². The maximum atomic E-state index is 9.61. The first-order valence-corrected chi connectivity index (χ1v) is 3.33. The molecule has 0 bridgehead atoms. The van der Waals surface area contributed by atoms with Gasteiger partial charge in [-0.3, -0.25) is 0 Å². The minimum absolute atomic E-state index is 0. The van der Waals surface area contributed by atoms with Crippen LogP contribution in [0.3, 0.4) is 0 Å². The molecule has 0 aliphatic carbocycles. The van der Waals surface area contributed by atoms with Crippen LogP contribution in [0.2, 0.25) is 0 Å². The molecule has 8 heavy (non-hydrogen) atoms. The summed E-state index contributed by atoms with van der Waals surface area (Å²) in [5.41, 5.74) is 0. The molecule has 0 aromatic rings. The zero-order valence-corrected chi connectivity index (χ0v) is 11.1. The second-order valence-corrected chi connectivity index (χ2v) is 1.89. The molecule has 3 nitrogen and oxygen atoms in total. The van der Waals surface area contributed by atoms with Crippen LogP contribution in [0.15, 0.2) is 0 Å². The fourth-order valence-electron chi connectivity index (χ4n) is 0.185. The SMILES string of the molecule is CCCO[Si](=O)[O-].[Rb+]. The van der Waals surface area contributed by atoms with Gasteiger partial charge in [0.2, 0.25) is 0 Å². The summed E-state index contributed by atoms with van der Waals surface area (Å²) < 4.78 is 13.8. The molecule has 0 rings (SSSR count). The van der Waals surface area contributed by atoms with Gasteiger partial charge in [-0.2, -0.15) is 0 Å². The maximum Gasteiger partial charge on any atom is 1.00 e. The predicted molar refractivity (Wildman–Crippen MR) is 22.7 cm³/mol.